The summed E-state index contributed by atoms with van der Waals surface area (Å²) < 4.78 is 18.3. The van der Waals surface area contributed by atoms with Gasteiger partial charge in [-0.25, -0.2) is 0 Å². The predicted molar refractivity (Wildman–Crippen MR) is 240 cm³/mol. The van der Waals surface area contributed by atoms with Gasteiger partial charge in [-0.15, -0.1) is 5.10 Å². The van der Waals surface area contributed by atoms with E-state index in [4.69, 9.17) is 14.2 Å². The summed E-state index contributed by atoms with van der Waals surface area (Å²) in [5, 5.41) is 11.0. The first-order valence-electron chi connectivity index (χ1n) is 22.8. The minimum absolute atomic E-state index is 0.0430. The third-order valence-electron chi connectivity index (χ3n) is 11.9. The first kappa shape index (κ1) is 49.9. The van der Waals surface area contributed by atoms with E-state index >= 15 is 9.59 Å². The standard InChI is InChI=1S/C49H68N6O9/c1-34(2)25-42(46(59)49(5)32-64-49)50-47(60)39(27-37-15-11-8-12-16-37)29-44(57)43(26-35(3)4)55(33-63-45(58)20-19-40-30-53(6)52-51-40)48(61)38(18-17-36-13-9-7-10-14-36)28-41(56)31-54-21-23-62-24-22-54/h7-16,30,34-35,38-39,42-43H,17-29,31-33H2,1-6H3,(H,50,60)/t38-,39-,42+,43+,49-/m1/s1. The minimum Gasteiger partial charge on any atom is -0.444 e. The van der Waals surface area contributed by atoms with Crippen LogP contribution in [0.15, 0.2) is 66.9 Å². The number of ketones is 3. The second-order valence-electron chi connectivity index (χ2n) is 18.5. The van der Waals surface area contributed by atoms with Crippen LogP contribution in [-0.4, -0.2) is 124 Å². The highest BCUT2D eigenvalue weighted by atomic mass is 16.6. The van der Waals surface area contributed by atoms with Crippen molar-refractivity contribution in [2.24, 2.45) is 30.7 Å². The molecular formula is C49H68N6O9. The molecule has 2 saturated heterocycles. The summed E-state index contributed by atoms with van der Waals surface area (Å²) in [6.45, 7) is 11.7. The molecule has 0 unspecified atom stereocenters. The normalized spacial score (nSPS) is 18.2. The molecule has 1 aromatic heterocycles. The van der Waals surface area contributed by atoms with Crippen LogP contribution in [0.2, 0.25) is 0 Å². The largest absolute Gasteiger partial charge is 0.444 e. The van der Waals surface area contributed by atoms with E-state index in [1.54, 1.807) is 20.2 Å². The maximum atomic E-state index is 15.2. The van der Waals surface area contributed by atoms with E-state index in [2.05, 4.69) is 15.6 Å². The minimum atomic E-state index is -1.10. The molecule has 15 heteroatoms. The van der Waals surface area contributed by atoms with Crippen LogP contribution in [0.1, 0.15) is 90.0 Å². The number of morpholine rings is 1. The van der Waals surface area contributed by atoms with E-state index in [-0.39, 0.29) is 80.9 Å². The Hall–Kier alpha value is -5.12. The topological polar surface area (TPSA) is 183 Å². The number of amides is 2. The van der Waals surface area contributed by atoms with Gasteiger partial charge in [0.1, 0.15) is 11.4 Å². The Bertz CT molecular complexity index is 1990. The number of nitrogens with zero attached hydrogens (tertiary/aromatic N) is 5. The van der Waals surface area contributed by atoms with Crippen molar-refractivity contribution in [3.63, 3.8) is 0 Å². The summed E-state index contributed by atoms with van der Waals surface area (Å²) in [6.07, 6.45) is 3.19. The van der Waals surface area contributed by atoms with Gasteiger partial charge < -0.3 is 19.5 Å². The quantitative estimate of drug-likeness (QED) is 0.0632. The van der Waals surface area contributed by atoms with Gasteiger partial charge in [0.25, 0.3) is 0 Å². The lowest BCUT2D eigenvalue weighted by Gasteiger charge is -2.35. The van der Waals surface area contributed by atoms with Gasteiger partial charge in [0.2, 0.25) is 11.8 Å². The van der Waals surface area contributed by atoms with Crippen LogP contribution in [0, 0.1) is 23.7 Å². The lowest BCUT2D eigenvalue weighted by atomic mass is 9.86. The number of hydrogen-bond acceptors (Lipinski definition) is 12. The van der Waals surface area contributed by atoms with E-state index in [1.807, 2.05) is 93.3 Å². The van der Waals surface area contributed by atoms with Crippen LogP contribution in [0.3, 0.4) is 0 Å². The molecule has 5 atom stereocenters. The fraction of sp³-hybridized carbons (Fsp3) is 0.592. The Balaban J connectivity index is 1.46. The summed E-state index contributed by atoms with van der Waals surface area (Å²) >= 11 is 0. The molecular weight excluding hydrogens is 817 g/mol. The smallest absolute Gasteiger partial charge is 0.307 e. The van der Waals surface area contributed by atoms with E-state index in [0.29, 0.717) is 51.3 Å². The molecule has 0 spiro atoms. The summed E-state index contributed by atoms with van der Waals surface area (Å²) in [5.74, 6) is -4.00. The molecule has 0 radical (unpaired) electrons. The number of nitrogens with one attached hydrogen (secondary N) is 1. The van der Waals surface area contributed by atoms with Crippen molar-refractivity contribution in [2.45, 2.75) is 110 Å². The first-order chi connectivity index (χ1) is 30.6. The number of carbonyl (C=O) groups excluding carboxylic acids is 6. The molecule has 2 aliphatic heterocycles. The van der Waals surface area contributed by atoms with Gasteiger partial charge in [-0.3, -0.25) is 43.2 Å². The van der Waals surface area contributed by atoms with E-state index in [1.165, 1.54) is 9.58 Å². The molecule has 64 heavy (non-hydrogen) atoms. The molecule has 15 nitrogen and oxygen atoms in total. The molecule has 2 amide bonds. The molecule has 348 valence electrons. The number of ether oxygens (including phenoxy) is 3. The van der Waals surface area contributed by atoms with Gasteiger partial charge >= 0.3 is 5.97 Å². The highest BCUT2D eigenvalue weighted by Gasteiger charge is 2.50. The van der Waals surface area contributed by atoms with Crippen molar-refractivity contribution in [1.82, 2.24) is 30.1 Å². The van der Waals surface area contributed by atoms with Gasteiger partial charge in [-0.05, 0) is 62.0 Å². The number of esters is 1. The molecule has 2 aromatic carbocycles. The number of Topliss-reactive ketones (excluding diaryl/α,β-unsaturated/α-hetero) is 3. The van der Waals surface area contributed by atoms with Crippen LogP contribution in [0.5, 0.6) is 0 Å². The van der Waals surface area contributed by atoms with Crippen molar-refractivity contribution in [3.05, 3.63) is 83.7 Å². The van der Waals surface area contributed by atoms with Gasteiger partial charge in [0.05, 0.1) is 50.6 Å². The molecule has 2 aliphatic rings. The maximum absolute atomic E-state index is 15.2. The average molecular weight is 885 g/mol. The zero-order valence-corrected chi connectivity index (χ0v) is 38.5. The summed E-state index contributed by atoms with van der Waals surface area (Å²) in [5.41, 5.74) is 1.44. The molecule has 0 bridgehead atoms. The Morgan fingerprint density at radius 3 is 2.09 bits per heavy atom. The zero-order valence-electron chi connectivity index (χ0n) is 38.5. The number of carbonyl (C=O) groups is 6. The van der Waals surface area contributed by atoms with Crippen molar-refractivity contribution in [3.8, 4) is 0 Å². The lowest BCUT2D eigenvalue weighted by Crippen LogP contribution is -2.52. The van der Waals surface area contributed by atoms with Crippen molar-refractivity contribution >= 4 is 35.1 Å². The Morgan fingerprint density at radius 1 is 0.859 bits per heavy atom. The molecule has 5 rings (SSSR count). The fourth-order valence-electron chi connectivity index (χ4n) is 8.17. The fourth-order valence-corrected chi connectivity index (χ4v) is 8.17. The van der Waals surface area contributed by atoms with Crippen LogP contribution in [0.4, 0.5) is 0 Å². The highest BCUT2D eigenvalue weighted by Crippen LogP contribution is 2.30. The molecule has 3 heterocycles. The second kappa shape index (κ2) is 24.2. The van der Waals surface area contributed by atoms with Crippen LogP contribution in [0.25, 0.3) is 0 Å². The number of epoxide rings is 1. The van der Waals surface area contributed by atoms with E-state index in [9.17, 15) is 19.2 Å². The number of aromatic nitrogens is 3. The summed E-state index contributed by atoms with van der Waals surface area (Å²) in [7, 11) is 1.73. The maximum Gasteiger partial charge on any atom is 0.307 e. The number of hydrogen-bond donors (Lipinski definition) is 1. The van der Waals surface area contributed by atoms with Crippen LogP contribution >= 0.6 is 0 Å². The summed E-state index contributed by atoms with van der Waals surface area (Å²) in [6, 6.07) is 17.1. The monoisotopic (exact) mass is 885 g/mol. The Morgan fingerprint density at radius 2 is 1.50 bits per heavy atom. The van der Waals surface area contributed by atoms with Crippen molar-refractivity contribution in [1.29, 1.82) is 0 Å². The molecule has 3 aromatic rings. The Labute approximate surface area is 377 Å². The highest BCUT2D eigenvalue weighted by molar-refractivity contribution is 5.98. The second-order valence-corrected chi connectivity index (χ2v) is 18.5. The van der Waals surface area contributed by atoms with Gasteiger partial charge in [0.15, 0.2) is 18.3 Å². The van der Waals surface area contributed by atoms with Gasteiger partial charge in [-0.1, -0.05) is 93.6 Å². The molecule has 0 saturated carbocycles. The summed E-state index contributed by atoms with van der Waals surface area (Å²) in [4.78, 5) is 88.8. The van der Waals surface area contributed by atoms with Crippen molar-refractivity contribution in [2.75, 3.05) is 46.2 Å². The van der Waals surface area contributed by atoms with Gasteiger partial charge in [-0.2, -0.15) is 0 Å². The van der Waals surface area contributed by atoms with Crippen LogP contribution < -0.4 is 5.32 Å². The molecule has 1 N–H and O–H groups in total. The van der Waals surface area contributed by atoms with Crippen molar-refractivity contribution < 1.29 is 43.0 Å². The zero-order chi connectivity index (χ0) is 46.2. The molecule has 0 aliphatic carbocycles. The third-order valence-corrected chi connectivity index (χ3v) is 11.9. The predicted octanol–water partition coefficient (Wildman–Crippen LogP) is 4.74. The van der Waals surface area contributed by atoms with Gasteiger partial charge in [0, 0.05) is 57.4 Å². The first-order valence-corrected chi connectivity index (χ1v) is 22.8. The van der Waals surface area contributed by atoms with E-state index in [0.717, 1.165) is 11.1 Å². The number of benzene rings is 2. The SMILES string of the molecule is CC(C)C[C@H](NC(=O)[C@@H](CC(=O)[C@H](CC(C)C)N(COC(=O)CCc1cn(C)nn1)C(=O)[C@H](CCc1ccccc1)CC(=O)CN1CCOCC1)Cc1ccccc1)C(=O)[C@@]1(C)CO1. The van der Waals surface area contributed by atoms with Crippen LogP contribution in [-0.2, 0) is 69.3 Å². The molecule has 2 fully saturated rings. The third kappa shape index (κ3) is 15.8. The average Bonchev–Trinajstić information content (AvgIpc) is 3.89. The number of aryl methyl sites for hydroxylation is 3. The van der Waals surface area contributed by atoms with E-state index < -0.39 is 54.0 Å². The Kier molecular flexibility index (Phi) is 18.9. The lowest BCUT2D eigenvalue weighted by molar-refractivity contribution is -0.161. The number of rotatable bonds is 27.